The second-order valence-electron chi connectivity index (χ2n) is 4.10. The molecule has 0 aliphatic heterocycles. The summed E-state index contributed by atoms with van der Waals surface area (Å²) in [6, 6.07) is 2.87. The Labute approximate surface area is 101 Å². The molecule has 0 aromatic carbocycles. The maximum absolute atomic E-state index is 12.8. The van der Waals surface area contributed by atoms with E-state index in [0.29, 0.717) is 5.82 Å². The van der Waals surface area contributed by atoms with Gasteiger partial charge < -0.3 is 0 Å². The van der Waals surface area contributed by atoms with Crippen molar-refractivity contribution in [1.29, 1.82) is 0 Å². The maximum Gasteiger partial charge on any atom is 0.148 e. The van der Waals surface area contributed by atoms with Crippen molar-refractivity contribution in [2.24, 2.45) is 16.8 Å². The van der Waals surface area contributed by atoms with Crippen LogP contribution in [-0.4, -0.2) is 17.4 Å². The third-order valence-corrected chi connectivity index (χ3v) is 2.22. The number of halogens is 1. The molecule has 0 bridgehead atoms. The van der Waals surface area contributed by atoms with Crippen molar-refractivity contribution in [2.75, 3.05) is 11.6 Å². The molecule has 0 unspecified atom stereocenters. The summed E-state index contributed by atoms with van der Waals surface area (Å²) < 4.78 is 12.8. The normalized spacial score (nSPS) is 12.0. The lowest BCUT2D eigenvalue weighted by Crippen LogP contribution is -2.41. The summed E-state index contributed by atoms with van der Waals surface area (Å²) in [6.45, 7) is 6.80. The molecule has 0 fully saturated rings. The molecule has 1 aromatic heterocycles. The van der Waals surface area contributed by atoms with Gasteiger partial charge in [-0.1, -0.05) is 20.8 Å². The second kappa shape index (κ2) is 6.30. The zero-order valence-corrected chi connectivity index (χ0v) is 10.5. The van der Waals surface area contributed by atoms with Gasteiger partial charge in [0.15, 0.2) is 0 Å². The number of hydrazine groups is 1. The van der Waals surface area contributed by atoms with Crippen LogP contribution in [0.5, 0.6) is 0 Å². The quantitative estimate of drug-likeness (QED) is 0.379. The van der Waals surface area contributed by atoms with Crippen molar-refractivity contribution in [1.82, 2.24) is 4.98 Å². The van der Waals surface area contributed by atoms with E-state index < -0.39 is 0 Å². The van der Waals surface area contributed by atoms with Crippen molar-refractivity contribution < 1.29 is 4.39 Å². The zero-order chi connectivity index (χ0) is 12.8. The van der Waals surface area contributed by atoms with E-state index in [1.165, 1.54) is 11.1 Å². The molecule has 0 radical (unpaired) electrons. The predicted octanol–water partition coefficient (Wildman–Crippen LogP) is 2.37. The van der Waals surface area contributed by atoms with E-state index in [9.17, 15) is 4.39 Å². The van der Waals surface area contributed by atoms with Crippen molar-refractivity contribution >= 4 is 11.7 Å². The molecule has 0 atom stereocenters. The highest BCUT2D eigenvalue weighted by molar-refractivity contribution is 5.97. The summed E-state index contributed by atoms with van der Waals surface area (Å²) in [5.41, 5.74) is 0. The van der Waals surface area contributed by atoms with Gasteiger partial charge in [0.05, 0.1) is 6.20 Å². The van der Waals surface area contributed by atoms with Gasteiger partial charge >= 0.3 is 0 Å². The van der Waals surface area contributed by atoms with Gasteiger partial charge in [-0.25, -0.2) is 20.2 Å². The molecule has 0 spiro atoms. The van der Waals surface area contributed by atoms with Crippen molar-refractivity contribution in [3.05, 3.63) is 24.1 Å². The highest BCUT2D eigenvalue weighted by atomic mass is 19.1. The van der Waals surface area contributed by atoms with Crippen LogP contribution in [-0.2, 0) is 0 Å². The van der Waals surface area contributed by atoms with Crippen LogP contribution in [0.4, 0.5) is 10.2 Å². The van der Waals surface area contributed by atoms with Gasteiger partial charge in [-0.3, -0.25) is 4.99 Å². The van der Waals surface area contributed by atoms with Gasteiger partial charge in [0.25, 0.3) is 0 Å². The molecule has 94 valence electrons. The molecule has 1 heterocycles. The Balaban J connectivity index is 2.91. The molecule has 1 rings (SSSR count). The number of anilines is 1. The van der Waals surface area contributed by atoms with E-state index in [1.807, 2.05) is 13.8 Å². The smallest absolute Gasteiger partial charge is 0.148 e. The van der Waals surface area contributed by atoms with Gasteiger partial charge in [0.1, 0.15) is 17.5 Å². The lowest BCUT2D eigenvalue weighted by molar-refractivity contribution is 0.621. The van der Waals surface area contributed by atoms with Gasteiger partial charge in [0.2, 0.25) is 0 Å². The van der Waals surface area contributed by atoms with Crippen molar-refractivity contribution in [2.45, 2.75) is 27.2 Å². The summed E-state index contributed by atoms with van der Waals surface area (Å²) in [6.07, 6.45) is 2.11. The summed E-state index contributed by atoms with van der Waals surface area (Å²) in [5, 5.41) is 1.42. The molecule has 0 saturated carbocycles. The Kier molecular flexibility index (Phi) is 5.03. The third-order valence-electron chi connectivity index (χ3n) is 2.22. The molecule has 4 nitrogen and oxygen atoms in total. The highest BCUT2D eigenvalue weighted by Gasteiger charge is 2.14. The lowest BCUT2D eigenvalue weighted by Gasteiger charge is -2.22. The van der Waals surface area contributed by atoms with Gasteiger partial charge in [-0.2, -0.15) is 0 Å². The van der Waals surface area contributed by atoms with E-state index in [4.69, 9.17) is 5.84 Å². The van der Waals surface area contributed by atoms with Gasteiger partial charge in [-0.05, 0) is 18.6 Å². The molecule has 5 heteroatoms. The Morgan fingerprint density at radius 3 is 2.71 bits per heavy atom. The number of pyridine rings is 1. The summed E-state index contributed by atoms with van der Waals surface area (Å²) in [4.78, 5) is 8.36. The molecule has 1 aromatic rings. The fourth-order valence-electron chi connectivity index (χ4n) is 1.39. The van der Waals surface area contributed by atoms with E-state index in [-0.39, 0.29) is 11.7 Å². The van der Waals surface area contributed by atoms with Crippen LogP contribution in [0.25, 0.3) is 0 Å². The number of hydrogen-bond acceptors (Lipinski definition) is 3. The number of amidine groups is 1. The third kappa shape index (κ3) is 3.78. The summed E-state index contributed by atoms with van der Waals surface area (Å²) in [5.74, 6) is 7.02. The van der Waals surface area contributed by atoms with Crippen LogP contribution in [0.3, 0.4) is 0 Å². The Morgan fingerprint density at radius 2 is 2.24 bits per heavy atom. The Morgan fingerprint density at radius 1 is 1.53 bits per heavy atom. The SMILES string of the molecule is CCC/N=C(/C(C)C)N(N)c1ccc(F)cn1. The molecular weight excluding hydrogens is 219 g/mol. The average Bonchev–Trinajstić information content (AvgIpc) is 2.29. The van der Waals surface area contributed by atoms with Crippen LogP contribution < -0.4 is 10.9 Å². The minimum atomic E-state index is -0.376. The standard InChI is InChI=1S/C12H19FN4/c1-4-7-15-12(9(2)3)17(14)11-6-5-10(13)8-16-11/h5-6,8-9H,4,7,14H2,1-3H3/b15-12-. The molecule has 17 heavy (non-hydrogen) atoms. The van der Waals surface area contributed by atoms with Gasteiger partial charge in [-0.15, -0.1) is 0 Å². The molecule has 0 aliphatic carbocycles. The van der Waals surface area contributed by atoms with Crippen LogP contribution in [0, 0.1) is 11.7 Å². The number of aromatic nitrogens is 1. The summed E-state index contributed by atoms with van der Waals surface area (Å²) in [7, 11) is 0. The number of nitrogens with two attached hydrogens (primary N) is 1. The van der Waals surface area contributed by atoms with E-state index in [1.54, 1.807) is 6.07 Å². The number of rotatable bonds is 4. The van der Waals surface area contributed by atoms with Crippen LogP contribution in [0.15, 0.2) is 23.3 Å². The fourth-order valence-corrected chi connectivity index (χ4v) is 1.39. The second-order valence-corrected chi connectivity index (χ2v) is 4.10. The van der Waals surface area contributed by atoms with E-state index in [0.717, 1.165) is 25.0 Å². The molecule has 0 amide bonds. The first-order valence-electron chi connectivity index (χ1n) is 5.77. The topological polar surface area (TPSA) is 54.5 Å². The maximum atomic E-state index is 12.8. The van der Waals surface area contributed by atoms with E-state index >= 15 is 0 Å². The predicted molar refractivity (Wildman–Crippen MR) is 68.3 cm³/mol. The first-order valence-corrected chi connectivity index (χ1v) is 5.77. The molecular formula is C12H19FN4. The fraction of sp³-hybridized carbons (Fsp3) is 0.500. The first kappa shape index (κ1) is 13.6. The van der Waals surface area contributed by atoms with E-state index in [2.05, 4.69) is 16.9 Å². The number of nitrogens with zero attached hydrogens (tertiary/aromatic N) is 3. The van der Waals surface area contributed by atoms with Crippen LogP contribution in [0.2, 0.25) is 0 Å². The Bertz CT molecular complexity index is 373. The lowest BCUT2D eigenvalue weighted by atomic mass is 10.2. The number of hydrogen-bond donors (Lipinski definition) is 1. The monoisotopic (exact) mass is 238 g/mol. The van der Waals surface area contributed by atoms with Crippen molar-refractivity contribution in [3.8, 4) is 0 Å². The summed E-state index contributed by atoms with van der Waals surface area (Å²) >= 11 is 0. The molecule has 0 aliphatic rings. The highest BCUT2D eigenvalue weighted by Crippen LogP contribution is 2.11. The minimum Gasteiger partial charge on any atom is -0.271 e. The van der Waals surface area contributed by atoms with Crippen molar-refractivity contribution in [3.63, 3.8) is 0 Å². The first-order chi connectivity index (χ1) is 8.06. The Hall–Kier alpha value is -1.49. The largest absolute Gasteiger partial charge is 0.271 e. The zero-order valence-electron chi connectivity index (χ0n) is 10.5. The molecule has 0 saturated heterocycles. The average molecular weight is 238 g/mol. The molecule has 2 N–H and O–H groups in total. The van der Waals surface area contributed by atoms with Gasteiger partial charge in [0, 0.05) is 12.5 Å². The minimum absolute atomic E-state index is 0.193. The van der Waals surface area contributed by atoms with Crippen LogP contribution in [0.1, 0.15) is 27.2 Å². The van der Waals surface area contributed by atoms with Crippen LogP contribution >= 0.6 is 0 Å². The number of aliphatic imine (C=N–C) groups is 1.